The minimum Gasteiger partial charge on any atom is -0.480 e. The van der Waals surface area contributed by atoms with Crippen molar-refractivity contribution in [2.24, 2.45) is 0 Å². The van der Waals surface area contributed by atoms with E-state index < -0.39 is 6.10 Å². The van der Waals surface area contributed by atoms with Crippen LogP contribution in [0.2, 0.25) is 0 Å². The Morgan fingerprint density at radius 1 is 1.00 bits per heavy atom. The zero-order valence-electron chi connectivity index (χ0n) is 17.5. The van der Waals surface area contributed by atoms with Gasteiger partial charge in [-0.05, 0) is 80.8 Å². The summed E-state index contributed by atoms with van der Waals surface area (Å²) in [5.41, 5.74) is 6.04. The van der Waals surface area contributed by atoms with Gasteiger partial charge in [-0.1, -0.05) is 24.3 Å². The highest BCUT2D eigenvalue weighted by atomic mass is 32.1. The predicted octanol–water partition coefficient (Wildman–Crippen LogP) is 6.29. The first-order valence-corrected chi connectivity index (χ1v) is 10.7. The highest BCUT2D eigenvalue weighted by molar-refractivity contribution is 7.21. The molecular formula is C25H24N2O2S. The number of nitrogens with zero attached hydrogens (tertiary/aromatic N) is 1. The first kappa shape index (κ1) is 20.1. The molecule has 0 spiro atoms. The number of hydrogen-bond acceptors (Lipinski definition) is 4. The lowest BCUT2D eigenvalue weighted by Gasteiger charge is -2.18. The second-order valence-electron chi connectivity index (χ2n) is 7.54. The van der Waals surface area contributed by atoms with Crippen LogP contribution in [0.15, 0.2) is 60.7 Å². The lowest BCUT2D eigenvalue weighted by molar-refractivity contribution is -0.122. The number of amides is 1. The van der Waals surface area contributed by atoms with E-state index in [1.807, 2.05) is 56.3 Å². The maximum Gasteiger partial charge on any atom is 0.265 e. The van der Waals surface area contributed by atoms with E-state index in [0.717, 1.165) is 38.7 Å². The van der Waals surface area contributed by atoms with Gasteiger partial charge in [-0.2, -0.15) is 0 Å². The van der Waals surface area contributed by atoms with Crippen LogP contribution in [0.25, 0.3) is 20.8 Å². The molecule has 0 aliphatic carbocycles. The average molecular weight is 417 g/mol. The average Bonchev–Trinajstić information content (AvgIpc) is 3.14. The Bertz CT molecular complexity index is 1190. The number of aryl methyl sites for hydroxylation is 3. The van der Waals surface area contributed by atoms with Gasteiger partial charge >= 0.3 is 0 Å². The SMILES string of the molecule is Cc1ccc2nc(-c3ccc(NC(=O)C(C)Oc4c(C)cccc4C)cc3)sc2c1. The second kappa shape index (κ2) is 8.28. The third-order valence-electron chi connectivity index (χ3n) is 5.02. The summed E-state index contributed by atoms with van der Waals surface area (Å²) in [5, 5.41) is 3.91. The molecular weight excluding hydrogens is 392 g/mol. The Balaban J connectivity index is 1.45. The minimum absolute atomic E-state index is 0.180. The minimum atomic E-state index is -0.600. The number of ether oxygens (including phenoxy) is 1. The summed E-state index contributed by atoms with van der Waals surface area (Å²) < 4.78 is 7.11. The lowest BCUT2D eigenvalue weighted by Crippen LogP contribution is -2.30. The van der Waals surface area contributed by atoms with Crippen molar-refractivity contribution < 1.29 is 9.53 Å². The molecule has 0 saturated heterocycles. The summed E-state index contributed by atoms with van der Waals surface area (Å²) in [6, 6.07) is 20.0. The molecule has 0 bridgehead atoms. The summed E-state index contributed by atoms with van der Waals surface area (Å²) >= 11 is 1.67. The van der Waals surface area contributed by atoms with Crippen LogP contribution in [-0.2, 0) is 4.79 Å². The number of aromatic nitrogens is 1. The highest BCUT2D eigenvalue weighted by Gasteiger charge is 2.17. The Labute approximate surface area is 180 Å². The van der Waals surface area contributed by atoms with Gasteiger partial charge in [0.15, 0.2) is 6.10 Å². The fourth-order valence-electron chi connectivity index (χ4n) is 3.31. The molecule has 3 aromatic carbocycles. The lowest BCUT2D eigenvalue weighted by atomic mass is 10.1. The van der Waals surface area contributed by atoms with Crippen LogP contribution >= 0.6 is 11.3 Å². The van der Waals surface area contributed by atoms with Gasteiger partial charge in [0.1, 0.15) is 10.8 Å². The van der Waals surface area contributed by atoms with E-state index in [1.54, 1.807) is 18.3 Å². The molecule has 4 nitrogen and oxygen atoms in total. The van der Waals surface area contributed by atoms with Gasteiger partial charge in [-0.15, -0.1) is 11.3 Å². The topological polar surface area (TPSA) is 51.2 Å². The van der Waals surface area contributed by atoms with Crippen LogP contribution in [0.4, 0.5) is 5.69 Å². The number of benzene rings is 3. The standard InChI is InChI=1S/C25H24N2O2S/c1-15-8-13-21-22(14-15)30-25(27-21)19-9-11-20(12-10-19)26-24(28)18(4)29-23-16(2)6-5-7-17(23)3/h5-14,18H,1-4H3,(H,26,28). The molecule has 4 rings (SSSR count). The Morgan fingerprint density at radius 2 is 1.70 bits per heavy atom. The molecule has 152 valence electrons. The molecule has 1 aromatic heterocycles. The van der Waals surface area contributed by atoms with Crippen molar-refractivity contribution in [3.8, 4) is 16.3 Å². The van der Waals surface area contributed by atoms with Crippen molar-refractivity contribution in [2.45, 2.75) is 33.8 Å². The maximum atomic E-state index is 12.6. The third kappa shape index (κ3) is 4.21. The number of para-hydroxylation sites is 1. The van der Waals surface area contributed by atoms with Crippen LogP contribution in [0.3, 0.4) is 0 Å². The maximum absolute atomic E-state index is 12.6. The molecule has 0 saturated carbocycles. The van der Waals surface area contributed by atoms with Gasteiger partial charge in [0, 0.05) is 11.3 Å². The number of rotatable bonds is 5. The predicted molar refractivity (Wildman–Crippen MR) is 124 cm³/mol. The smallest absolute Gasteiger partial charge is 0.265 e. The first-order valence-electron chi connectivity index (χ1n) is 9.92. The van der Waals surface area contributed by atoms with Gasteiger partial charge in [0.2, 0.25) is 0 Å². The number of carbonyl (C=O) groups excluding carboxylic acids is 1. The summed E-state index contributed by atoms with van der Waals surface area (Å²) in [7, 11) is 0. The first-order chi connectivity index (χ1) is 14.4. The van der Waals surface area contributed by atoms with Gasteiger partial charge < -0.3 is 10.1 Å². The zero-order chi connectivity index (χ0) is 21.3. The molecule has 1 amide bonds. The number of carbonyl (C=O) groups is 1. The molecule has 0 radical (unpaired) electrons. The summed E-state index contributed by atoms with van der Waals surface area (Å²) in [4.78, 5) is 17.3. The fraction of sp³-hybridized carbons (Fsp3) is 0.200. The number of fused-ring (bicyclic) bond motifs is 1. The van der Waals surface area contributed by atoms with Gasteiger partial charge in [0.25, 0.3) is 5.91 Å². The van der Waals surface area contributed by atoms with E-state index in [4.69, 9.17) is 9.72 Å². The van der Waals surface area contributed by atoms with Gasteiger partial charge in [0.05, 0.1) is 10.2 Å². The summed E-state index contributed by atoms with van der Waals surface area (Å²) in [5.74, 6) is 0.586. The number of nitrogens with one attached hydrogen (secondary N) is 1. The Kier molecular flexibility index (Phi) is 5.55. The van der Waals surface area contributed by atoms with Crippen LogP contribution < -0.4 is 10.1 Å². The summed E-state index contributed by atoms with van der Waals surface area (Å²) in [6.07, 6.45) is -0.600. The van der Waals surface area contributed by atoms with Crippen molar-refractivity contribution >= 4 is 33.1 Å². The zero-order valence-corrected chi connectivity index (χ0v) is 18.3. The highest BCUT2D eigenvalue weighted by Crippen LogP contribution is 2.31. The number of hydrogen-bond donors (Lipinski definition) is 1. The van der Waals surface area contributed by atoms with Crippen molar-refractivity contribution in [1.29, 1.82) is 0 Å². The molecule has 0 aliphatic rings. The Hall–Kier alpha value is -3.18. The van der Waals surface area contributed by atoms with E-state index in [1.165, 1.54) is 10.3 Å². The van der Waals surface area contributed by atoms with Crippen LogP contribution in [-0.4, -0.2) is 17.0 Å². The molecule has 0 fully saturated rings. The molecule has 0 aliphatic heterocycles. The monoisotopic (exact) mass is 416 g/mol. The largest absolute Gasteiger partial charge is 0.480 e. The van der Waals surface area contributed by atoms with E-state index in [2.05, 4.69) is 30.4 Å². The molecule has 1 N–H and O–H groups in total. The van der Waals surface area contributed by atoms with E-state index in [9.17, 15) is 4.79 Å². The van der Waals surface area contributed by atoms with Gasteiger partial charge in [-0.3, -0.25) is 4.79 Å². The summed E-state index contributed by atoms with van der Waals surface area (Å²) in [6.45, 7) is 7.81. The van der Waals surface area contributed by atoms with Crippen molar-refractivity contribution in [3.05, 3.63) is 77.4 Å². The van der Waals surface area contributed by atoms with Crippen molar-refractivity contribution in [3.63, 3.8) is 0 Å². The van der Waals surface area contributed by atoms with E-state index in [-0.39, 0.29) is 5.91 Å². The second-order valence-corrected chi connectivity index (χ2v) is 8.57. The normalized spacial score (nSPS) is 12.0. The van der Waals surface area contributed by atoms with E-state index in [0.29, 0.717) is 0 Å². The molecule has 1 atom stereocenters. The Morgan fingerprint density at radius 3 is 2.40 bits per heavy atom. The quantitative estimate of drug-likeness (QED) is 0.416. The van der Waals surface area contributed by atoms with Crippen LogP contribution in [0.1, 0.15) is 23.6 Å². The van der Waals surface area contributed by atoms with E-state index >= 15 is 0 Å². The molecule has 30 heavy (non-hydrogen) atoms. The third-order valence-corrected chi connectivity index (χ3v) is 6.08. The number of anilines is 1. The van der Waals surface area contributed by atoms with Crippen molar-refractivity contribution in [1.82, 2.24) is 4.98 Å². The van der Waals surface area contributed by atoms with Gasteiger partial charge in [-0.25, -0.2) is 4.98 Å². The van der Waals surface area contributed by atoms with Crippen molar-refractivity contribution in [2.75, 3.05) is 5.32 Å². The molecule has 1 unspecified atom stereocenters. The number of thiazole rings is 1. The molecule has 4 aromatic rings. The molecule has 1 heterocycles. The van der Waals surface area contributed by atoms with Crippen LogP contribution in [0.5, 0.6) is 5.75 Å². The fourth-order valence-corrected chi connectivity index (χ4v) is 4.38. The molecule has 5 heteroatoms. The van der Waals surface area contributed by atoms with Crippen LogP contribution in [0, 0.1) is 20.8 Å².